The van der Waals surface area contributed by atoms with Gasteiger partial charge in [-0.25, -0.2) is 0 Å². The van der Waals surface area contributed by atoms with Crippen molar-refractivity contribution in [2.75, 3.05) is 58.9 Å². The van der Waals surface area contributed by atoms with Crippen LogP contribution in [-0.2, 0) is 11.0 Å². The van der Waals surface area contributed by atoms with Crippen LogP contribution in [0.2, 0.25) is 0 Å². The molecule has 6 nitrogen and oxygen atoms in total. The molecule has 1 N–H and O–H groups in total. The third kappa shape index (κ3) is 5.23. The van der Waals surface area contributed by atoms with E-state index in [0.717, 1.165) is 38.3 Å². The van der Waals surface area contributed by atoms with Crippen molar-refractivity contribution in [1.29, 1.82) is 0 Å². The standard InChI is InChI=1S/C19H25F3N4O2/c20-19(21,22)16-3-1-2-15(14-16)18(28)26-12-10-24(11-13-26)7-4-17(27)25-8-5-23-6-9-25/h1-3,14,23H,4-13H2. The summed E-state index contributed by atoms with van der Waals surface area (Å²) < 4.78 is 38.5. The van der Waals surface area contributed by atoms with Gasteiger partial charge in [-0.05, 0) is 18.2 Å². The summed E-state index contributed by atoms with van der Waals surface area (Å²) in [6, 6.07) is 4.54. The first kappa shape index (κ1) is 20.6. The van der Waals surface area contributed by atoms with E-state index in [9.17, 15) is 22.8 Å². The Bertz CT molecular complexity index is 697. The van der Waals surface area contributed by atoms with Crippen LogP contribution >= 0.6 is 0 Å². The van der Waals surface area contributed by atoms with E-state index >= 15 is 0 Å². The zero-order chi connectivity index (χ0) is 20.1. The van der Waals surface area contributed by atoms with Gasteiger partial charge < -0.3 is 15.1 Å². The summed E-state index contributed by atoms with van der Waals surface area (Å²) in [6.45, 7) is 5.85. The van der Waals surface area contributed by atoms with Crippen LogP contribution in [0.25, 0.3) is 0 Å². The number of carbonyl (C=O) groups excluding carboxylic acids is 2. The van der Waals surface area contributed by atoms with Gasteiger partial charge in [-0.2, -0.15) is 13.2 Å². The maximum Gasteiger partial charge on any atom is 0.416 e. The summed E-state index contributed by atoms with van der Waals surface area (Å²) in [6.07, 6.45) is -4.02. The van der Waals surface area contributed by atoms with Crippen LogP contribution in [0.4, 0.5) is 13.2 Å². The first-order chi connectivity index (χ1) is 13.3. The van der Waals surface area contributed by atoms with E-state index in [4.69, 9.17) is 0 Å². The van der Waals surface area contributed by atoms with E-state index in [1.807, 2.05) is 4.90 Å². The Morgan fingerprint density at radius 1 is 0.964 bits per heavy atom. The molecule has 2 amide bonds. The summed E-state index contributed by atoms with van der Waals surface area (Å²) in [7, 11) is 0. The van der Waals surface area contributed by atoms with E-state index in [-0.39, 0.29) is 17.4 Å². The van der Waals surface area contributed by atoms with E-state index in [1.165, 1.54) is 12.1 Å². The fraction of sp³-hybridized carbons (Fsp3) is 0.579. The van der Waals surface area contributed by atoms with Crippen molar-refractivity contribution < 1.29 is 22.8 Å². The summed E-state index contributed by atoms with van der Waals surface area (Å²) in [5.41, 5.74) is -0.763. The number of hydrogen-bond acceptors (Lipinski definition) is 4. The van der Waals surface area contributed by atoms with Gasteiger partial charge >= 0.3 is 6.18 Å². The Kier molecular flexibility index (Phi) is 6.56. The molecule has 1 aromatic rings. The summed E-state index contributed by atoms with van der Waals surface area (Å²) in [5, 5.41) is 3.21. The molecule has 3 rings (SSSR count). The van der Waals surface area contributed by atoms with E-state index in [1.54, 1.807) is 4.90 Å². The van der Waals surface area contributed by atoms with Gasteiger partial charge in [0, 0.05) is 70.9 Å². The van der Waals surface area contributed by atoms with Gasteiger partial charge in [0.25, 0.3) is 5.91 Å². The number of nitrogens with one attached hydrogen (secondary N) is 1. The molecule has 0 aromatic heterocycles. The number of piperazine rings is 2. The first-order valence-corrected chi connectivity index (χ1v) is 9.52. The molecule has 0 unspecified atom stereocenters. The monoisotopic (exact) mass is 398 g/mol. The predicted octanol–water partition coefficient (Wildman–Crippen LogP) is 1.29. The number of amides is 2. The molecule has 0 radical (unpaired) electrons. The molecule has 2 fully saturated rings. The maximum atomic E-state index is 12.8. The van der Waals surface area contributed by atoms with Crippen molar-refractivity contribution in [2.24, 2.45) is 0 Å². The number of hydrogen-bond donors (Lipinski definition) is 1. The fourth-order valence-electron chi connectivity index (χ4n) is 3.51. The molecule has 2 aliphatic rings. The smallest absolute Gasteiger partial charge is 0.340 e. The van der Waals surface area contributed by atoms with Crippen LogP contribution < -0.4 is 5.32 Å². The Balaban J connectivity index is 1.47. The summed E-state index contributed by atoms with van der Waals surface area (Å²) >= 11 is 0. The number of carbonyl (C=O) groups is 2. The quantitative estimate of drug-likeness (QED) is 0.831. The molecule has 0 bridgehead atoms. The molecule has 0 aliphatic carbocycles. The second-order valence-corrected chi connectivity index (χ2v) is 7.09. The van der Waals surface area contributed by atoms with Crippen molar-refractivity contribution in [3.63, 3.8) is 0 Å². The lowest BCUT2D eigenvalue weighted by molar-refractivity contribution is -0.137. The second-order valence-electron chi connectivity index (χ2n) is 7.09. The second kappa shape index (κ2) is 8.91. The SMILES string of the molecule is O=C(CCN1CCN(C(=O)c2cccc(C(F)(F)F)c2)CC1)N1CCNCC1. The van der Waals surface area contributed by atoms with Crippen LogP contribution in [0.5, 0.6) is 0 Å². The van der Waals surface area contributed by atoms with Crippen molar-refractivity contribution in [1.82, 2.24) is 20.0 Å². The fourth-order valence-corrected chi connectivity index (χ4v) is 3.51. The molecule has 2 aliphatic heterocycles. The average molecular weight is 398 g/mol. The van der Waals surface area contributed by atoms with Gasteiger partial charge in [-0.3, -0.25) is 14.5 Å². The maximum absolute atomic E-state index is 12.8. The molecule has 2 saturated heterocycles. The molecular weight excluding hydrogens is 373 g/mol. The lowest BCUT2D eigenvalue weighted by atomic mass is 10.1. The van der Waals surface area contributed by atoms with Crippen LogP contribution in [0.15, 0.2) is 24.3 Å². The average Bonchev–Trinajstić information content (AvgIpc) is 2.72. The minimum Gasteiger partial charge on any atom is -0.340 e. The molecule has 0 saturated carbocycles. The highest BCUT2D eigenvalue weighted by molar-refractivity contribution is 5.94. The van der Waals surface area contributed by atoms with Crippen LogP contribution in [0.1, 0.15) is 22.3 Å². The number of halogens is 3. The van der Waals surface area contributed by atoms with E-state index in [2.05, 4.69) is 10.2 Å². The Hall–Kier alpha value is -2.13. The number of alkyl halides is 3. The molecule has 2 heterocycles. The van der Waals surface area contributed by atoms with Gasteiger partial charge in [0.05, 0.1) is 5.56 Å². The van der Waals surface area contributed by atoms with Gasteiger partial charge in [-0.1, -0.05) is 6.07 Å². The van der Waals surface area contributed by atoms with Crippen molar-refractivity contribution in [3.05, 3.63) is 35.4 Å². The molecule has 154 valence electrons. The number of benzene rings is 1. The number of nitrogens with zero attached hydrogens (tertiary/aromatic N) is 3. The third-order valence-corrected chi connectivity index (χ3v) is 5.21. The normalized spacial score (nSPS) is 19.0. The summed E-state index contributed by atoms with van der Waals surface area (Å²) in [4.78, 5) is 30.3. The Labute approximate surface area is 162 Å². The molecule has 1 aromatic carbocycles. The molecule has 28 heavy (non-hydrogen) atoms. The van der Waals surface area contributed by atoms with Gasteiger partial charge in [-0.15, -0.1) is 0 Å². The number of rotatable bonds is 4. The molecular formula is C19H25F3N4O2. The van der Waals surface area contributed by atoms with Crippen LogP contribution in [0, 0.1) is 0 Å². The topological polar surface area (TPSA) is 55.9 Å². The van der Waals surface area contributed by atoms with Crippen molar-refractivity contribution >= 4 is 11.8 Å². The Morgan fingerprint density at radius 3 is 2.29 bits per heavy atom. The van der Waals surface area contributed by atoms with E-state index in [0.29, 0.717) is 39.1 Å². The van der Waals surface area contributed by atoms with Crippen molar-refractivity contribution in [3.8, 4) is 0 Å². The van der Waals surface area contributed by atoms with Crippen LogP contribution in [-0.4, -0.2) is 85.4 Å². The van der Waals surface area contributed by atoms with Crippen LogP contribution in [0.3, 0.4) is 0 Å². The first-order valence-electron chi connectivity index (χ1n) is 9.52. The minimum atomic E-state index is -4.47. The zero-order valence-electron chi connectivity index (χ0n) is 15.7. The highest BCUT2D eigenvalue weighted by Gasteiger charge is 2.31. The predicted molar refractivity (Wildman–Crippen MR) is 97.9 cm³/mol. The lowest BCUT2D eigenvalue weighted by Crippen LogP contribution is -2.50. The highest BCUT2D eigenvalue weighted by atomic mass is 19.4. The summed E-state index contributed by atoms with van der Waals surface area (Å²) in [5.74, 6) is -0.244. The lowest BCUT2D eigenvalue weighted by Gasteiger charge is -2.35. The van der Waals surface area contributed by atoms with E-state index < -0.39 is 11.7 Å². The zero-order valence-corrected chi connectivity index (χ0v) is 15.7. The van der Waals surface area contributed by atoms with Gasteiger partial charge in [0.1, 0.15) is 0 Å². The molecule has 0 atom stereocenters. The van der Waals surface area contributed by atoms with Gasteiger partial charge in [0.15, 0.2) is 0 Å². The third-order valence-electron chi connectivity index (χ3n) is 5.21. The van der Waals surface area contributed by atoms with Gasteiger partial charge in [0.2, 0.25) is 5.91 Å². The largest absolute Gasteiger partial charge is 0.416 e. The van der Waals surface area contributed by atoms with Crippen molar-refractivity contribution in [2.45, 2.75) is 12.6 Å². The minimum absolute atomic E-state index is 0.0529. The molecule has 9 heteroatoms. The Morgan fingerprint density at radius 2 is 1.64 bits per heavy atom. The highest BCUT2D eigenvalue weighted by Crippen LogP contribution is 2.29. The molecule has 0 spiro atoms.